The van der Waals surface area contributed by atoms with Gasteiger partial charge in [-0.2, -0.15) is 0 Å². The van der Waals surface area contributed by atoms with Crippen LogP contribution in [0.25, 0.3) is 0 Å². The van der Waals surface area contributed by atoms with E-state index in [0.29, 0.717) is 21.8 Å². The number of benzene rings is 2. The summed E-state index contributed by atoms with van der Waals surface area (Å²) in [6, 6.07) is 16.2. The minimum Gasteiger partial charge on any atom is -0.322 e. The van der Waals surface area contributed by atoms with Crippen molar-refractivity contribution >= 4 is 33.2 Å². The molecular weight excluding hydrogens is 414 g/mol. The van der Waals surface area contributed by atoms with Crippen molar-refractivity contribution in [2.24, 2.45) is 5.14 Å². The molecule has 0 radical (unpaired) electrons. The highest BCUT2D eigenvalue weighted by molar-refractivity contribution is 7.88. The van der Waals surface area contributed by atoms with Crippen molar-refractivity contribution in [3.8, 4) is 0 Å². The second-order valence-electron chi connectivity index (χ2n) is 6.43. The number of hydrogen-bond acceptors (Lipinski definition) is 4. The van der Waals surface area contributed by atoms with E-state index in [9.17, 15) is 18.0 Å². The predicted octanol–water partition coefficient (Wildman–Crippen LogP) is 2.59. The molecule has 0 atom stereocenters. The highest BCUT2D eigenvalue weighted by atomic mass is 35.5. The zero-order chi connectivity index (χ0) is 21.0. The molecule has 0 aliphatic rings. The van der Waals surface area contributed by atoms with Gasteiger partial charge in [0.1, 0.15) is 0 Å². The van der Waals surface area contributed by atoms with Crippen LogP contribution in [0.3, 0.4) is 0 Å². The molecule has 3 rings (SSSR count). The Hall–Kier alpha value is -2.94. The number of primary sulfonamides is 1. The molecule has 2 aromatic carbocycles. The largest absolute Gasteiger partial charge is 0.322 e. The Kier molecular flexibility index (Phi) is 6.17. The number of carbonyl (C=O) groups excluding carboxylic acids is 1. The maximum atomic E-state index is 12.5. The lowest BCUT2D eigenvalue weighted by Gasteiger charge is -2.10. The molecule has 0 spiro atoms. The number of halogens is 1. The molecule has 1 aromatic heterocycles. The van der Waals surface area contributed by atoms with Crippen LogP contribution in [0.1, 0.15) is 21.5 Å². The van der Waals surface area contributed by atoms with Crippen LogP contribution in [0, 0.1) is 0 Å². The molecule has 0 saturated heterocycles. The third-order valence-electron chi connectivity index (χ3n) is 4.12. The number of amides is 1. The average molecular weight is 432 g/mol. The van der Waals surface area contributed by atoms with E-state index in [4.69, 9.17) is 16.7 Å². The number of nitrogens with one attached hydrogen (secondary N) is 1. The van der Waals surface area contributed by atoms with Crippen molar-refractivity contribution in [3.63, 3.8) is 0 Å². The predicted molar refractivity (Wildman–Crippen MR) is 112 cm³/mol. The molecule has 0 bridgehead atoms. The number of anilines is 1. The monoisotopic (exact) mass is 431 g/mol. The molecule has 1 heterocycles. The molecule has 0 saturated carbocycles. The number of carbonyl (C=O) groups is 1. The molecule has 3 N–H and O–H groups in total. The quantitative estimate of drug-likeness (QED) is 0.624. The number of rotatable bonds is 6. The van der Waals surface area contributed by atoms with E-state index < -0.39 is 15.9 Å². The van der Waals surface area contributed by atoms with Gasteiger partial charge in [-0.25, -0.2) is 13.6 Å². The summed E-state index contributed by atoms with van der Waals surface area (Å²) >= 11 is 6.15. The van der Waals surface area contributed by atoms with Gasteiger partial charge >= 0.3 is 0 Å². The van der Waals surface area contributed by atoms with Crippen molar-refractivity contribution in [2.45, 2.75) is 12.3 Å². The van der Waals surface area contributed by atoms with E-state index >= 15 is 0 Å². The summed E-state index contributed by atoms with van der Waals surface area (Å²) in [5.41, 5.74) is 1.80. The van der Waals surface area contributed by atoms with Gasteiger partial charge in [-0.15, -0.1) is 0 Å². The van der Waals surface area contributed by atoms with Crippen LogP contribution >= 0.6 is 11.6 Å². The molecule has 29 heavy (non-hydrogen) atoms. The van der Waals surface area contributed by atoms with Crippen LogP contribution in [0.2, 0.25) is 5.02 Å². The normalized spacial score (nSPS) is 11.2. The zero-order valence-electron chi connectivity index (χ0n) is 15.2. The van der Waals surface area contributed by atoms with Crippen LogP contribution in [0.15, 0.2) is 71.7 Å². The fourth-order valence-electron chi connectivity index (χ4n) is 2.72. The molecule has 0 unspecified atom stereocenters. The smallest absolute Gasteiger partial charge is 0.257 e. The van der Waals surface area contributed by atoms with E-state index in [1.807, 2.05) is 12.1 Å². The van der Waals surface area contributed by atoms with E-state index in [-0.39, 0.29) is 17.9 Å². The van der Waals surface area contributed by atoms with Crippen LogP contribution in [0.4, 0.5) is 5.69 Å². The van der Waals surface area contributed by atoms with Gasteiger partial charge in [0.2, 0.25) is 10.0 Å². The van der Waals surface area contributed by atoms with Crippen molar-refractivity contribution in [1.29, 1.82) is 0 Å². The van der Waals surface area contributed by atoms with Crippen molar-refractivity contribution in [1.82, 2.24) is 4.57 Å². The Morgan fingerprint density at radius 3 is 2.38 bits per heavy atom. The topological polar surface area (TPSA) is 111 Å². The number of pyridine rings is 1. The number of sulfonamides is 1. The zero-order valence-corrected chi connectivity index (χ0v) is 16.8. The van der Waals surface area contributed by atoms with Crippen LogP contribution in [-0.4, -0.2) is 18.9 Å². The third kappa shape index (κ3) is 5.77. The van der Waals surface area contributed by atoms with Crippen LogP contribution in [0.5, 0.6) is 0 Å². The summed E-state index contributed by atoms with van der Waals surface area (Å²) in [7, 11) is -3.62. The van der Waals surface area contributed by atoms with Gasteiger partial charge in [0.25, 0.3) is 11.5 Å². The van der Waals surface area contributed by atoms with Gasteiger partial charge in [-0.1, -0.05) is 41.9 Å². The van der Waals surface area contributed by atoms with Gasteiger partial charge in [-0.05, 0) is 35.4 Å². The standard InChI is InChI=1S/C20H18ClN3O4S/c21-18-4-2-1-3-15(18)11-24-12-16(7-10-19(24)25)20(26)23-17-8-5-14(6-9-17)13-29(22,27)28/h1-10,12H,11,13H2,(H,23,26)(H2,22,27,28). The third-order valence-corrected chi connectivity index (χ3v) is 5.23. The van der Waals surface area contributed by atoms with Crippen LogP contribution < -0.4 is 16.0 Å². The molecule has 0 aliphatic heterocycles. The minimum atomic E-state index is -3.62. The summed E-state index contributed by atoms with van der Waals surface area (Å²) in [6.45, 7) is 0.238. The molecule has 150 valence electrons. The van der Waals surface area contributed by atoms with Crippen molar-refractivity contribution in [2.75, 3.05) is 5.32 Å². The van der Waals surface area contributed by atoms with E-state index in [2.05, 4.69) is 5.32 Å². The molecule has 3 aromatic rings. The van der Waals surface area contributed by atoms with Gasteiger partial charge in [0.05, 0.1) is 17.9 Å². The first-order valence-corrected chi connectivity index (χ1v) is 10.7. The van der Waals surface area contributed by atoms with Gasteiger partial charge in [-0.3, -0.25) is 9.59 Å². The van der Waals surface area contributed by atoms with E-state index in [0.717, 1.165) is 5.56 Å². The summed E-state index contributed by atoms with van der Waals surface area (Å²) < 4.78 is 23.7. The number of nitrogens with two attached hydrogens (primary N) is 1. The molecule has 0 aliphatic carbocycles. The highest BCUT2D eigenvalue weighted by Gasteiger charge is 2.10. The first-order valence-electron chi connectivity index (χ1n) is 8.56. The van der Waals surface area contributed by atoms with Gasteiger partial charge < -0.3 is 9.88 Å². The molecule has 0 fully saturated rings. The first-order chi connectivity index (χ1) is 13.7. The van der Waals surface area contributed by atoms with E-state index in [1.165, 1.54) is 22.9 Å². The lowest BCUT2D eigenvalue weighted by molar-refractivity contribution is 0.102. The molecular formula is C20H18ClN3O4S. The Morgan fingerprint density at radius 2 is 1.72 bits per heavy atom. The minimum absolute atomic E-state index is 0.238. The lowest BCUT2D eigenvalue weighted by Crippen LogP contribution is -2.22. The Balaban J connectivity index is 1.76. The second-order valence-corrected chi connectivity index (χ2v) is 8.46. The lowest BCUT2D eigenvalue weighted by atomic mass is 10.2. The number of nitrogens with zero attached hydrogens (tertiary/aromatic N) is 1. The summed E-state index contributed by atoms with van der Waals surface area (Å²) in [6.07, 6.45) is 1.47. The summed E-state index contributed by atoms with van der Waals surface area (Å²) in [5.74, 6) is -0.689. The molecule has 9 heteroatoms. The van der Waals surface area contributed by atoms with Crippen LogP contribution in [-0.2, 0) is 22.3 Å². The summed E-state index contributed by atoms with van der Waals surface area (Å²) in [5, 5.41) is 8.26. The average Bonchev–Trinajstić information content (AvgIpc) is 2.65. The summed E-state index contributed by atoms with van der Waals surface area (Å²) in [4.78, 5) is 24.7. The second kappa shape index (κ2) is 8.60. The Labute approximate surface area is 172 Å². The van der Waals surface area contributed by atoms with Crippen molar-refractivity contribution in [3.05, 3.63) is 98.9 Å². The van der Waals surface area contributed by atoms with Gasteiger partial charge in [0.15, 0.2) is 0 Å². The maximum absolute atomic E-state index is 12.5. The first kappa shape index (κ1) is 20.8. The molecule has 1 amide bonds. The SMILES string of the molecule is NS(=O)(=O)Cc1ccc(NC(=O)c2ccc(=O)n(Cc3ccccc3Cl)c2)cc1. The Bertz CT molecular complexity index is 1200. The fourth-order valence-corrected chi connectivity index (χ4v) is 3.57. The van der Waals surface area contributed by atoms with Crippen molar-refractivity contribution < 1.29 is 13.2 Å². The maximum Gasteiger partial charge on any atom is 0.257 e. The Morgan fingerprint density at radius 1 is 1.03 bits per heavy atom. The highest BCUT2D eigenvalue weighted by Crippen LogP contribution is 2.16. The fraction of sp³-hybridized carbons (Fsp3) is 0.100. The van der Waals surface area contributed by atoms with E-state index in [1.54, 1.807) is 36.4 Å². The molecule has 7 nitrogen and oxygen atoms in total. The number of hydrogen-bond donors (Lipinski definition) is 2. The van der Waals surface area contributed by atoms with Gasteiger partial charge in [0, 0.05) is 23.0 Å². The number of aromatic nitrogens is 1.